The van der Waals surface area contributed by atoms with E-state index in [2.05, 4.69) is 86.3 Å². The van der Waals surface area contributed by atoms with Crippen molar-refractivity contribution in [2.75, 3.05) is 18.7 Å². The maximum absolute atomic E-state index is 5.53. The van der Waals surface area contributed by atoms with Gasteiger partial charge in [0.15, 0.2) is 0 Å². The van der Waals surface area contributed by atoms with Gasteiger partial charge in [0.25, 0.3) is 0 Å². The molecule has 3 heteroatoms. The van der Waals surface area contributed by atoms with E-state index in [4.69, 9.17) is 4.74 Å². The zero-order chi connectivity index (χ0) is 18.3. The van der Waals surface area contributed by atoms with Gasteiger partial charge in [-0.1, -0.05) is 70.7 Å². The Bertz CT molecular complexity index is 895. The molecule has 26 heavy (non-hydrogen) atoms. The third-order valence-electron chi connectivity index (χ3n) is 5.36. The third-order valence-corrected chi connectivity index (χ3v) is 5.36. The third kappa shape index (κ3) is 2.64. The molecular formula is C23H24BNO. The highest BCUT2D eigenvalue weighted by atomic mass is 16.5. The van der Waals surface area contributed by atoms with Crippen molar-refractivity contribution in [3.63, 3.8) is 0 Å². The van der Waals surface area contributed by atoms with E-state index in [-0.39, 0.29) is 6.71 Å². The summed E-state index contributed by atoms with van der Waals surface area (Å²) in [5.74, 6) is 0. The van der Waals surface area contributed by atoms with E-state index in [1.807, 2.05) is 0 Å². The van der Waals surface area contributed by atoms with Crippen LogP contribution < -0.4 is 21.3 Å². The summed E-state index contributed by atoms with van der Waals surface area (Å²) in [6.45, 7) is 7.44. The molecule has 0 radical (unpaired) electrons. The molecule has 130 valence electrons. The number of fused-ring (bicyclic) bond motifs is 2. The standard InChI is InChI=1S/C23H24BNO/c1-16-13-17(2)23(18(3)14-16)24-19-9-5-7-11-21(19)25(15-26-4)22-12-8-6-10-20(22)24/h5-14H,15H2,1-4H3. The number of aryl methyl sites for hydroxylation is 3. The van der Waals surface area contributed by atoms with Gasteiger partial charge >= 0.3 is 0 Å². The van der Waals surface area contributed by atoms with Crippen LogP contribution in [0.5, 0.6) is 0 Å². The van der Waals surface area contributed by atoms with Crippen LogP contribution in [-0.2, 0) is 4.74 Å². The molecule has 0 N–H and O–H groups in total. The van der Waals surface area contributed by atoms with Gasteiger partial charge in [0.1, 0.15) is 6.73 Å². The van der Waals surface area contributed by atoms with Gasteiger partial charge in [-0.3, -0.25) is 0 Å². The monoisotopic (exact) mass is 341 g/mol. The van der Waals surface area contributed by atoms with Crippen LogP contribution in [0.4, 0.5) is 11.4 Å². The van der Waals surface area contributed by atoms with Crippen LogP contribution in [-0.4, -0.2) is 20.6 Å². The molecule has 0 amide bonds. The zero-order valence-electron chi connectivity index (χ0n) is 15.9. The molecule has 3 aromatic rings. The summed E-state index contributed by atoms with van der Waals surface area (Å²) in [4.78, 5) is 2.28. The van der Waals surface area contributed by atoms with E-state index in [9.17, 15) is 0 Å². The van der Waals surface area contributed by atoms with Crippen molar-refractivity contribution in [3.05, 3.63) is 77.4 Å². The molecule has 2 nitrogen and oxygen atoms in total. The number of hydrogen-bond donors (Lipinski definition) is 0. The van der Waals surface area contributed by atoms with Crippen LogP contribution in [0, 0.1) is 20.8 Å². The first kappa shape index (κ1) is 16.9. The van der Waals surface area contributed by atoms with Gasteiger partial charge in [-0.25, -0.2) is 0 Å². The molecule has 4 rings (SSSR count). The first-order valence-corrected chi connectivity index (χ1v) is 9.14. The summed E-state index contributed by atoms with van der Waals surface area (Å²) in [5.41, 5.74) is 10.6. The summed E-state index contributed by atoms with van der Waals surface area (Å²) in [5, 5.41) is 0. The highest BCUT2D eigenvalue weighted by Gasteiger charge is 2.35. The van der Waals surface area contributed by atoms with E-state index in [1.165, 1.54) is 44.5 Å². The van der Waals surface area contributed by atoms with Crippen LogP contribution >= 0.6 is 0 Å². The minimum absolute atomic E-state index is 0.246. The number of para-hydroxylation sites is 2. The first-order chi connectivity index (χ1) is 12.6. The number of anilines is 2. The molecule has 1 heterocycles. The van der Waals surface area contributed by atoms with Crippen molar-refractivity contribution in [3.8, 4) is 0 Å². The smallest absolute Gasteiger partial charge is 0.247 e. The summed E-state index contributed by atoms with van der Waals surface area (Å²) in [6.07, 6.45) is 0. The average molecular weight is 341 g/mol. The van der Waals surface area contributed by atoms with E-state index in [0.717, 1.165) is 0 Å². The molecule has 0 bridgehead atoms. The lowest BCUT2D eigenvalue weighted by molar-refractivity contribution is 0.206. The Morgan fingerprint density at radius 3 is 1.81 bits per heavy atom. The number of rotatable bonds is 3. The summed E-state index contributed by atoms with van der Waals surface area (Å²) in [6, 6.07) is 22.0. The second-order valence-corrected chi connectivity index (χ2v) is 7.21. The molecule has 0 atom stereocenters. The minimum atomic E-state index is 0.246. The highest BCUT2D eigenvalue weighted by Crippen LogP contribution is 2.28. The van der Waals surface area contributed by atoms with Crippen LogP contribution in [0.2, 0.25) is 0 Å². The molecule has 0 fully saturated rings. The van der Waals surface area contributed by atoms with Gasteiger partial charge in [0.05, 0.1) is 0 Å². The van der Waals surface area contributed by atoms with Crippen LogP contribution in [0.15, 0.2) is 60.7 Å². The van der Waals surface area contributed by atoms with Crippen molar-refractivity contribution in [1.29, 1.82) is 0 Å². The fourth-order valence-electron chi connectivity index (χ4n) is 4.48. The maximum atomic E-state index is 5.53. The van der Waals surface area contributed by atoms with Gasteiger partial charge in [-0.2, -0.15) is 0 Å². The normalized spacial score (nSPS) is 12.8. The lowest BCUT2D eigenvalue weighted by atomic mass is 9.34. The van der Waals surface area contributed by atoms with Crippen molar-refractivity contribution >= 4 is 34.5 Å². The Labute approximate surface area is 156 Å². The fourth-order valence-corrected chi connectivity index (χ4v) is 4.48. The second-order valence-electron chi connectivity index (χ2n) is 7.21. The van der Waals surface area contributed by atoms with Crippen molar-refractivity contribution in [1.82, 2.24) is 0 Å². The molecule has 0 saturated carbocycles. The van der Waals surface area contributed by atoms with Crippen molar-refractivity contribution < 1.29 is 4.74 Å². The Balaban J connectivity index is 2.02. The van der Waals surface area contributed by atoms with Crippen molar-refractivity contribution in [2.24, 2.45) is 0 Å². The van der Waals surface area contributed by atoms with Crippen molar-refractivity contribution in [2.45, 2.75) is 20.8 Å². The first-order valence-electron chi connectivity index (χ1n) is 9.14. The predicted octanol–water partition coefficient (Wildman–Crippen LogP) is 3.18. The van der Waals surface area contributed by atoms with E-state index in [0.29, 0.717) is 6.73 Å². The Hall–Kier alpha value is -2.52. The number of benzene rings is 3. The van der Waals surface area contributed by atoms with E-state index < -0.39 is 0 Å². The molecule has 3 aromatic carbocycles. The highest BCUT2D eigenvalue weighted by molar-refractivity contribution is 6.98. The molecule has 0 spiro atoms. The second kappa shape index (κ2) is 6.66. The fraction of sp³-hybridized carbons (Fsp3) is 0.217. The Morgan fingerprint density at radius 2 is 1.31 bits per heavy atom. The minimum Gasteiger partial charge on any atom is -0.364 e. The largest absolute Gasteiger partial charge is 0.364 e. The quantitative estimate of drug-likeness (QED) is 0.679. The molecule has 0 unspecified atom stereocenters. The SMILES string of the molecule is COCN1c2ccccc2B(c2c(C)cc(C)cc2C)c2ccccc21. The van der Waals surface area contributed by atoms with E-state index in [1.54, 1.807) is 7.11 Å². The lowest BCUT2D eigenvalue weighted by Crippen LogP contribution is -2.59. The summed E-state index contributed by atoms with van der Waals surface area (Å²) >= 11 is 0. The number of hydrogen-bond acceptors (Lipinski definition) is 2. The topological polar surface area (TPSA) is 12.5 Å². The number of methoxy groups -OCH3 is 1. The van der Waals surface area contributed by atoms with Gasteiger partial charge in [0.2, 0.25) is 6.71 Å². The molecule has 0 aromatic heterocycles. The number of ether oxygens (including phenoxy) is 1. The maximum Gasteiger partial charge on any atom is 0.247 e. The zero-order valence-corrected chi connectivity index (χ0v) is 15.9. The molecular weight excluding hydrogens is 317 g/mol. The number of nitrogens with zero attached hydrogens (tertiary/aromatic N) is 1. The average Bonchev–Trinajstić information content (AvgIpc) is 2.63. The molecule has 1 aliphatic rings. The Kier molecular flexibility index (Phi) is 4.33. The molecule has 0 aliphatic carbocycles. The molecule has 1 aliphatic heterocycles. The van der Waals surface area contributed by atoms with Crippen LogP contribution in [0.25, 0.3) is 0 Å². The Morgan fingerprint density at radius 1 is 0.808 bits per heavy atom. The van der Waals surface area contributed by atoms with Crippen LogP contribution in [0.1, 0.15) is 16.7 Å². The molecule has 0 saturated heterocycles. The van der Waals surface area contributed by atoms with Gasteiger partial charge < -0.3 is 9.64 Å². The van der Waals surface area contributed by atoms with Gasteiger partial charge in [-0.05, 0) is 43.8 Å². The summed E-state index contributed by atoms with van der Waals surface area (Å²) in [7, 11) is 1.76. The van der Waals surface area contributed by atoms with Gasteiger partial charge in [0, 0.05) is 18.5 Å². The lowest BCUT2D eigenvalue weighted by Gasteiger charge is -2.37. The van der Waals surface area contributed by atoms with Crippen LogP contribution in [0.3, 0.4) is 0 Å². The summed E-state index contributed by atoms with van der Waals surface area (Å²) < 4.78 is 5.53. The van der Waals surface area contributed by atoms with Gasteiger partial charge in [-0.15, -0.1) is 0 Å². The van der Waals surface area contributed by atoms with E-state index >= 15 is 0 Å². The predicted molar refractivity (Wildman–Crippen MR) is 112 cm³/mol.